The van der Waals surface area contributed by atoms with Crippen LogP contribution in [-0.4, -0.2) is 85.7 Å². The highest BCUT2D eigenvalue weighted by Gasteiger charge is 2.22. The maximum Gasteiger partial charge on any atom is 0.161 e. The molecule has 1 aromatic carbocycles. The van der Waals surface area contributed by atoms with E-state index in [-0.39, 0.29) is 0 Å². The van der Waals surface area contributed by atoms with Crippen LogP contribution in [0.25, 0.3) is 11.4 Å². The van der Waals surface area contributed by atoms with Crippen LogP contribution >= 0.6 is 0 Å². The number of fused-ring (bicyclic) bond motifs is 1. The Bertz CT molecular complexity index is 809. The summed E-state index contributed by atoms with van der Waals surface area (Å²) in [7, 11) is 2.19. The zero-order valence-corrected chi connectivity index (χ0v) is 18.8. The standard InChI is InChI=1S/C24H36N6/c1-4-28(5-2)12-6-13-30-14-11-21-19-25-23(26-24(21)30)20-7-9-22(10-8-20)29-17-15-27(3)16-18-29/h7-10,19H,4-6,11-18H2,1-3H3. The zero-order chi connectivity index (χ0) is 20.9. The number of likely N-dealkylation sites (N-methyl/N-ethyl adjacent to an activating group) is 1. The third-order valence-electron chi connectivity index (χ3n) is 6.58. The molecule has 1 fully saturated rings. The summed E-state index contributed by atoms with van der Waals surface area (Å²) in [6, 6.07) is 8.79. The molecule has 4 rings (SSSR count). The average Bonchev–Trinajstić information content (AvgIpc) is 3.19. The quantitative estimate of drug-likeness (QED) is 0.669. The van der Waals surface area contributed by atoms with Crippen molar-refractivity contribution in [1.82, 2.24) is 19.8 Å². The minimum atomic E-state index is 0.842. The van der Waals surface area contributed by atoms with Crippen LogP contribution in [0.2, 0.25) is 0 Å². The van der Waals surface area contributed by atoms with Gasteiger partial charge < -0.3 is 19.6 Å². The molecule has 0 bridgehead atoms. The van der Waals surface area contributed by atoms with Gasteiger partial charge in [0.05, 0.1) is 0 Å². The van der Waals surface area contributed by atoms with E-state index in [9.17, 15) is 0 Å². The Labute approximate surface area is 181 Å². The van der Waals surface area contributed by atoms with E-state index >= 15 is 0 Å². The van der Waals surface area contributed by atoms with Crippen molar-refractivity contribution in [2.24, 2.45) is 0 Å². The first-order valence-electron chi connectivity index (χ1n) is 11.5. The lowest BCUT2D eigenvalue weighted by atomic mass is 10.1. The molecular weight excluding hydrogens is 372 g/mol. The van der Waals surface area contributed by atoms with E-state index in [1.54, 1.807) is 0 Å². The lowest BCUT2D eigenvalue weighted by molar-refractivity contribution is 0.301. The van der Waals surface area contributed by atoms with Crippen LogP contribution in [0.15, 0.2) is 30.5 Å². The third kappa shape index (κ3) is 4.76. The number of hydrogen-bond acceptors (Lipinski definition) is 6. The Hall–Kier alpha value is -2.18. The normalized spacial score (nSPS) is 17.1. The van der Waals surface area contributed by atoms with Crippen LogP contribution in [0.4, 0.5) is 11.5 Å². The van der Waals surface area contributed by atoms with Crippen molar-refractivity contribution in [2.75, 3.05) is 75.8 Å². The summed E-state index contributed by atoms with van der Waals surface area (Å²) in [5.41, 5.74) is 3.69. The van der Waals surface area contributed by atoms with Gasteiger partial charge >= 0.3 is 0 Å². The van der Waals surface area contributed by atoms with Crippen LogP contribution in [-0.2, 0) is 6.42 Å². The zero-order valence-electron chi connectivity index (χ0n) is 18.8. The molecule has 6 nitrogen and oxygen atoms in total. The first-order chi connectivity index (χ1) is 14.7. The van der Waals surface area contributed by atoms with E-state index in [1.165, 1.54) is 17.7 Å². The van der Waals surface area contributed by atoms with Gasteiger partial charge in [0.1, 0.15) is 5.82 Å². The second-order valence-corrected chi connectivity index (χ2v) is 8.50. The second-order valence-electron chi connectivity index (χ2n) is 8.50. The molecule has 0 atom stereocenters. The summed E-state index contributed by atoms with van der Waals surface area (Å²) in [6.07, 6.45) is 4.28. The number of rotatable bonds is 8. The van der Waals surface area contributed by atoms with E-state index in [4.69, 9.17) is 4.98 Å². The van der Waals surface area contributed by atoms with E-state index in [1.807, 2.05) is 6.20 Å². The summed E-state index contributed by atoms with van der Waals surface area (Å²) >= 11 is 0. The molecule has 0 radical (unpaired) electrons. The summed E-state index contributed by atoms with van der Waals surface area (Å²) in [5.74, 6) is 1.98. The van der Waals surface area contributed by atoms with Crippen molar-refractivity contribution in [3.63, 3.8) is 0 Å². The van der Waals surface area contributed by atoms with Crippen molar-refractivity contribution >= 4 is 11.5 Å². The lowest BCUT2D eigenvalue weighted by Gasteiger charge is -2.34. The Balaban J connectivity index is 1.42. The van der Waals surface area contributed by atoms with Crippen LogP contribution in [0.5, 0.6) is 0 Å². The summed E-state index contributed by atoms with van der Waals surface area (Å²) in [5, 5.41) is 0. The van der Waals surface area contributed by atoms with Gasteiger partial charge in [-0.15, -0.1) is 0 Å². The molecule has 0 spiro atoms. The number of anilines is 2. The number of nitrogens with zero attached hydrogens (tertiary/aromatic N) is 6. The van der Waals surface area contributed by atoms with E-state index in [2.05, 4.69) is 69.7 Å². The van der Waals surface area contributed by atoms with Gasteiger partial charge in [0, 0.05) is 62.3 Å². The smallest absolute Gasteiger partial charge is 0.161 e. The fraction of sp³-hybridized carbons (Fsp3) is 0.583. The van der Waals surface area contributed by atoms with Gasteiger partial charge in [-0.2, -0.15) is 0 Å². The maximum atomic E-state index is 4.98. The maximum absolute atomic E-state index is 4.98. The van der Waals surface area contributed by atoms with Gasteiger partial charge in [-0.25, -0.2) is 9.97 Å². The number of hydrogen-bond donors (Lipinski definition) is 0. The number of piperazine rings is 1. The van der Waals surface area contributed by atoms with E-state index in [0.29, 0.717) is 0 Å². The highest BCUT2D eigenvalue weighted by atomic mass is 15.2. The topological polar surface area (TPSA) is 38.7 Å². The molecule has 2 aromatic rings. The van der Waals surface area contributed by atoms with Crippen molar-refractivity contribution in [3.8, 4) is 11.4 Å². The fourth-order valence-electron chi connectivity index (χ4n) is 4.48. The van der Waals surface area contributed by atoms with Crippen molar-refractivity contribution < 1.29 is 0 Å². The van der Waals surface area contributed by atoms with E-state index in [0.717, 1.165) is 82.5 Å². The molecule has 0 aliphatic carbocycles. The lowest BCUT2D eigenvalue weighted by Crippen LogP contribution is -2.44. The Kier molecular flexibility index (Phi) is 6.85. The summed E-state index contributed by atoms with van der Waals surface area (Å²) < 4.78 is 0. The minimum Gasteiger partial charge on any atom is -0.369 e. The molecular formula is C24H36N6. The first-order valence-corrected chi connectivity index (χ1v) is 11.5. The minimum absolute atomic E-state index is 0.842. The molecule has 162 valence electrons. The van der Waals surface area contributed by atoms with Gasteiger partial charge in [-0.05, 0) is 63.8 Å². The predicted molar refractivity (Wildman–Crippen MR) is 126 cm³/mol. The largest absolute Gasteiger partial charge is 0.369 e. The van der Waals surface area contributed by atoms with Gasteiger partial charge in [0.2, 0.25) is 0 Å². The van der Waals surface area contributed by atoms with Crippen molar-refractivity contribution in [2.45, 2.75) is 26.7 Å². The van der Waals surface area contributed by atoms with Crippen LogP contribution in [0.1, 0.15) is 25.8 Å². The Morgan fingerprint density at radius 3 is 2.40 bits per heavy atom. The molecule has 1 saturated heterocycles. The van der Waals surface area contributed by atoms with Gasteiger partial charge in [-0.3, -0.25) is 0 Å². The highest BCUT2D eigenvalue weighted by molar-refractivity contribution is 5.63. The number of benzene rings is 1. The Morgan fingerprint density at radius 2 is 1.70 bits per heavy atom. The van der Waals surface area contributed by atoms with Crippen LogP contribution in [0, 0.1) is 0 Å². The molecule has 0 unspecified atom stereocenters. The molecule has 2 aliphatic heterocycles. The summed E-state index contributed by atoms with van der Waals surface area (Å²) in [4.78, 5) is 19.4. The van der Waals surface area contributed by atoms with Crippen molar-refractivity contribution in [3.05, 3.63) is 36.0 Å². The molecule has 0 amide bonds. The van der Waals surface area contributed by atoms with Crippen LogP contribution in [0.3, 0.4) is 0 Å². The number of aromatic nitrogens is 2. The molecule has 30 heavy (non-hydrogen) atoms. The van der Waals surface area contributed by atoms with Gasteiger partial charge in [0.15, 0.2) is 5.82 Å². The first kappa shape index (κ1) is 21.1. The predicted octanol–water partition coefficient (Wildman–Crippen LogP) is 2.99. The fourth-order valence-corrected chi connectivity index (χ4v) is 4.48. The third-order valence-corrected chi connectivity index (χ3v) is 6.58. The van der Waals surface area contributed by atoms with E-state index < -0.39 is 0 Å². The SMILES string of the molecule is CCN(CC)CCCN1CCc2cnc(-c3ccc(N4CCN(C)CC4)cc3)nc21. The van der Waals surface area contributed by atoms with Gasteiger partial charge in [0.25, 0.3) is 0 Å². The summed E-state index contributed by atoms with van der Waals surface area (Å²) in [6.45, 7) is 14.5. The monoisotopic (exact) mass is 408 g/mol. The second kappa shape index (κ2) is 9.75. The molecule has 6 heteroatoms. The average molecular weight is 409 g/mol. The highest BCUT2D eigenvalue weighted by Crippen LogP contribution is 2.29. The molecule has 3 heterocycles. The molecule has 0 N–H and O–H groups in total. The molecule has 0 saturated carbocycles. The molecule has 2 aliphatic rings. The van der Waals surface area contributed by atoms with Crippen molar-refractivity contribution in [1.29, 1.82) is 0 Å². The molecule has 1 aromatic heterocycles. The van der Waals surface area contributed by atoms with Crippen LogP contribution < -0.4 is 9.80 Å². The van der Waals surface area contributed by atoms with Gasteiger partial charge in [-0.1, -0.05) is 13.8 Å². The Morgan fingerprint density at radius 1 is 0.967 bits per heavy atom.